The van der Waals surface area contributed by atoms with E-state index < -0.39 is 0 Å². The molecule has 0 bridgehead atoms. The summed E-state index contributed by atoms with van der Waals surface area (Å²) < 4.78 is 6.74. The maximum atomic E-state index is 6.15. The third kappa shape index (κ3) is 3.29. The molecule has 19 heavy (non-hydrogen) atoms. The smallest absolute Gasteiger partial charge is 0.107 e. The van der Waals surface area contributed by atoms with Gasteiger partial charge < -0.3 is 4.74 Å². The van der Waals surface area contributed by atoms with Crippen LogP contribution in [0.5, 0.6) is 0 Å². The summed E-state index contributed by atoms with van der Waals surface area (Å²) in [6.45, 7) is 4.44. The summed E-state index contributed by atoms with van der Waals surface area (Å²) in [6, 6.07) is 1.88. The molecule has 2 aromatic heterocycles. The van der Waals surface area contributed by atoms with E-state index in [9.17, 15) is 0 Å². The van der Waals surface area contributed by atoms with Crippen molar-refractivity contribution in [1.82, 2.24) is 9.88 Å². The van der Waals surface area contributed by atoms with E-state index in [-0.39, 0.29) is 0 Å². The largest absolute Gasteiger partial charge is 0.379 e. The minimum atomic E-state index is 0.697. The Morgan fingerprint density at radius 2 is 2.11 bits per heavy atom. The van der Waals surface area contributed by atoms with Crippen molar-refractivity contribution >= 4 is 45.9 Å². The van der Waals surface area contributed by atoms with Gasteiger partial charge in [-0.1, -0.05) is 23.2 Å². The standard InChI is InChI=1S/C12H12Cl2N2OS2/c13-10-5-8(12(14)19-10)9-7-18-11(15-9)6-16-1-3-17-4-2-16/h5,7H,1-4,6H2. The molecule has 2 aromatic rings. The van der Waals surface area contributed by atoms with Gasteiger partial charge in [-0.05, 0) is 6.07 Å². The Morgan fingerprint density at radius 1 is 1.32 bits per heavy atom. The number of aromatic nitrogens is 1. The Kier molecular flexibility index (Phi) is 4.41. The first-order valence-corrected chi connectivity index (χ1v) is 8.37. The third-order valence-corrected chi connectivity index (χ3v) is 5.27. The molecule has 7 heteroatoms. The molecule has 1 aliphatic heterocycles. The van der Waals surface area contributed by atoms with Gasteiger partial charge in [-0.3, -0.25) is 4.90 Å². The van der Waals surface area contributed by atoms with E-state index in [1.54, 1.807) is 11.3 Å². The molecule has 0 spiro atoms. The van der Waals surface area contributed by atoms with Crippen molar-refractivity contribution in [3.63, 3.8) is 0 Å². The summed E-state index contributed by atoms with van der Waals surface area (Å²) in [7, 11) is 0. The van der Waals surface area contributed by atoms with Crippen molar-refractivity contribution in [2.75, 3.05) is 26.3 Å². The highest BCUT2D eigenvalue weighted by Gasteiger charge is 2.15. The SMILES string of the molecule is Clc1cc(-c2csc(CN3CCOCC3)n2)c(Cl)s1. The zero-order chi connectivity index (χ0) is 13.2. The van der Waals surface area contributed by atoms with Crippen molar-refractivity contribution in [2.45, 2.75) is 6.54 Å². The van der Waals surface area contributed by atoms with Crippen LogP contribution in [0, 0.1) is 0 Å². The monoisotopic (exact) mass is 334 g/mol. The number of hydrogen-bond acceptors (Lipinski definition) is 5. The van der Waals surface area contributed by atoms with Crippen molar-refractivity contribution in [3.8, 4) is 11.3 Å². The summed E-state index contributed by atoms with van der Waals surface area (Å²) in [5, 5.41) is 3.15. The number of ether oxygens (including phenoxy) is 1. The average molecular weight is 335 g/mol. The number of nitrogens with zero attached hydrogens (tertiary/aromatic N) is 2. The zero-order valence-electron chi connectivity index (χ0n) is 10.1. The molecule has 0 unspecified atom stereocenters. The molecule has 3 rings (SSSR count). The van der Waals surface area contributed by atoms with Crippen LogP contribution in [0.2, 0.25) is 8.67 Å². The molecule has 102 valence electrons. The molecule has 1 aliphatic rings. The molecule has 0 radical (unpaired) electrons. The summed E-state index contributed by atoms with van der Waals surface area (Å²) in [5.41, 5.74) is 1.85. The van der Waals surface area contributed by atoms with E-state index in [1.807, 2.05) is 11.4 Å². The van der Waals surface area contributed by atoms with E-state index in [0.717, 1.165) is 49.1 Å². The normalized spacial score (nSPS) is 16.9. The summed E-state index contributed by atoms with van der Waals surface area (Å²) in [6.07, 6.45) is 0. The topological polar surface area (TPSA) is 25.4 Å². The number of rotatable bonds is 3. The molecule has 1 saturated heterocycles. The van der Waals surface area contributed by atoms with Gasteiger partial charge in [0.1, 0.15) is 9.34 Å². The van der Waals surface area contributed by atoms with E-state index in [1.165, 1.54) is 11.3 Å². The fraction of sp³-hybridized carbons (Fsp3) is 0.417. The van der Waals surface area contributed by atoms with Gasteiger partial charge in [0.15, 0.2) is 0 Å². The highest BCUT2D eigenvalue weighted by molar-refractivity contribution is 7.20. The summed E-state index contributed by atoms with van der Waals surface area (Å²) in [4.78, 5) is 7.00. The Labute approximate surface area is 129 Å². The molecule has 3 heterocycles. The van der Waals surface area contributed by atoms with Crippen LogP contribution in [0.25, 0.3) is 11.3 Å². The van der Waals surface area contributed by atoms with E-state index in [0.29, 0.717) is 8.67 Å². The Bertz CT molecular complexity index is 564. The van der Waals surface area contributed by atoms with Crippen molar-refractivity contribution in [1.29, 1.82) is 0 Å². The number of halogens is 2. The van der Waals surface area contributed by atoms with Crippen LogP contribution >= 0.6 is 45.9 Å². The first-order valence-electron chi connectivity index (χ1n) is 5.92. The van der Waals surface area contributed by atoms with E-state index >= 15 is 0 Å². The third-order valence-electron chi connectivity index (χ3n) is 2.95. The molecular formula is C12H12Cl2N2OS2. The Hall–Kier alpha value is -0.170. The number of hydrogen-bond donors (Lipinski definition) is 0. The number of thiophene rings is 1. The fourth-order valence-electron chi connectivity index (χ4n) is 1.97. The first-order chi connectivity index (χ1) is 9.22. The van der Waals surface area contributed by atoms with Gasteiger partial charge in [0.25, 0.3) is 0 Å². The van der Waals surface area contributed by atoms with E-state index in [2.05, 4.69) is 9.88 Å². The lowest BCUT2D eigenvalue weighted by Crippen LogP contribution is -2.35. The van der Waals surface area contributed by atoms with Crippen LogP contribution in [-0.2, 0) is 11.3 Å². The van der Waals surface area contributed by atoms with Gasteiger partial charge >= 0.3 is 0 Å². The molecule has 1 fully saturated rings. The van der Waals surface area contributed by atoms with E-state index in [4.69, 9.17) is 27.9 Å². The molecule has 0 N–H and O–H groups in total. The Balaban J connectivity index is 1.74. The van der Waals surface area contributed by atoms with Gasteiger partial charge in [0, 0.05) is 24.0 Å². The number of morpholine rings is 1. The van der Waals surface area contributed by atoms with Crippen LogP contribution < -0.4 is 0 Å². The van der Waals surface area contributed by atoms with Gasteiger partial charge in [-0.2, -0.15) is 0 Å². The highest BCUT2D eigenvalue weighted by atomic mass is 35.5. The van der Waals surface area contributed by atoms with Gasteiger partial charge in [-0.25, -0.2) is 4.98 Å². The van der Waals surface area contributed by atoms with Crippen LogP contribution in [-0.4, -0.2) is 36.2 Å². The molecule has 0 saturated carbocycles. The predicted octanol–water partition coefficient (Wildman–Crippen LogP) is 4.01. The molecule has 0 atom stereocenters. The fourth-order valence-corrected chi connectivity index (χ4v) is 4.29. The zero-order valence-corrected chi connectivity index (χ0v) is 13.2. The molecule has 0 aliphatic carbocycles. The minimum absolute atomic E-state index is 0.697. The van der Waals surface area contributed by atoms with Crippen molar-refractivity contribution in [3.05, 3.63) is 25.1 Å². The molecule has 0 amide bonds. The lowest BCUT2D eigenvalue weighted by molar-refractivity contribution is 0.0342. The lowest BCUT2D eigenvalue weighted by Gasteiger charge is -2.25. The van der Waals surface area contributed by atoms with Crippen LogP contribution in [0.1, 0.15) is 5.01 Å². The lowest BCUT2D eigenvalue weighted by atomic mass is 10.3. The highest BCUT2D eigenvalue weighted by Crippen LogP contribution is 2.38. The van der Waals surface area contributed by atoms with Crippen LogP contribution in [0.4, 0.5) is 0 Å². The van der Waals surface area contributed by atoms with Crippen molar-refractivity contribution in [2.24, 2.45) is 0 Å². The molecule has 0 aromatic carbocycles. The van der Waals surface area contributed by atoms with Gasteiger partial charge in [0.2, 0.25) is 0 Å². The second-order valence-corrected chi connectivity index (χ2v) is 7.48. The molecule has 3 nitrogen and oxygen atoms in total. The van der Waals surface area contributed by atoms with Gasteiger partial charge in [0.05, 0.1) is 29.8 Å². The average Bonchev–Trinajstić information content (AvgIpc) is 2.97. The summed E-state index contributed by atoms with van der Waals surface area (Å²) >= 11 is 15.2. The number of thiazole rings is 1. The first kappa shape index (κ1) is 13.8. The quantitative estimate of drug-likeness (QED) is 0.847. The predicted molar refractivity (Wildman–Crippen MR) is 81.5 cm³/mol. The minimum Gasteiger partial charge on any atom is -0.379 e. The maximum Gasteiger partial charge on any atom is 0.107 e. The van der Waals surface area contributed by atoms with Crippen molar-refractivity contribution < 1.29 is 4.74 Å². The second kappa shape index (κ2) is 6.08. The second-order valence-electron chi connectivity index (χ2n) is 4.25. The van der Waals surface area contributed by atoms with Crippen LogP contribution in [0.15, 0.2) is 11.4 Å². The molecular weight excluding hydrogens is 323 g/mol. The maximum absolute atomic E-state index is 6.15. The Morgan fingerprint density at radius 3 is 2.79 bits per heavy atom. The van der Waals surface area contributed by atoms with Crippen LogP contribution in [0.3, 0.4) is 0 Å². The summed E-state index contributed by atoms with van der Waals surface area (Å²) in [5.74, 6) is 0. The van der Waals surface area contributed by atoms with Gasteiger partial charge in [-0.15, -0.1) is 22.7 Å².